The van der Waals surface area contributed by atoms with Crippen molar-refractivity contribution in [1.82, 2.24) is 40.4 Å². The van der Waals surface area contributed by atoms with Crippen molar-refractivity contribution in [2.24, 2.45) is 17.8 Å². The molecule has 4 N–H and O–H groups in total. The standard InChI is InChI=1S/C45H52N8O6/c1-26(2)38(50-44(56)58-5)42(54)52-21-7-8-36(52)40-46-23-34(48-40)31-15-11-28(12-16-31)9-10-29-13-17-32(18-14-29)35-24-47-41(49-35)37-22-33(30-19-20-30)25-53(37)43(55)39(27(3)4)51-45(57)59-6/h11-18,22-24,26-27,30,36-39H,7-8,19-21,25H2,1-6H3,(H,46,48)(H,47,49)(H,50,56)(H,51,57)/t36-,37-,38-,39-/m0/s1. The highest BCUT2D eigenvalue weighted by Crippen LogP contribution is 2.43. The van der Waals surface area contributed by atoms with Gasteiger partial charge in [-0.05, 0) is 84.4 Å². The molecule has 14 nitrogen and oxygen atoms in total. The molecule has 1 aliphatic carbocycles. The number of alkyl carbamates (subject to hydrolysis) is 2. The predicted molar refractivity (Wildman–Crippen MR) is 221 cm³/mol. The van der Waals surface area contributed by atoms with Crippen LogP contribution in [0, 0.1) is 29.6 Å². The Hall–Kier alpha value is -6.36. The number of carbonyl (C=O) groups excluding carboxylic acids is 4. The van der Waals surface area contributed by atoms with E-state index in [1.54, 1.807) is 22.2 Å². The number of nitrogens with zero attached hydrogens (tertiary/aromatic N) is 4. The minimum atomic E-state index is -0.723. The Labute approximate surface area is 344 Å². The van der Waals surface area contributed by atoms with Crippen LogP contribution in [0.2, 0.25) is 0 Å². The van der Waals surface area contributed by atoms with Crippen LogP contribution >= 0.6 is 0 Å². The third-order valence-corrected chi connectivity index (χ3v) is 11.3. The second-order valence-electron chi connectivity index (χ2n) is 16.1. The first-order valence-corrected chi connectivity index (χ1v) is 20.3. The lowest BCUT2D eigenvalue weighted by Gasteiger charge is -2.30. The van der Waals surface area contributed by atoms with E-state index in [1.165, 1.54) is 19.8 Å². The molecular formula is C45H52N8O6. The SMILES string of the molecule is COC(=O)N[C@H](C(=O)N1CC(C2CC2)=C[C@H]1c1ncc(-c2ccc(C#Cc3ccc(-c4cnc([C@@H]5CCCN5C(=O)[C@@H](NC(=O)OC)C(C)C)[nH]4)cc3)cc2)[nH]1)C(C)C. The number of likely N-dealkylation sites (tertiary alicyclic amines) is 1. The highest BCUT2D eigenvalue weighted by atomic mass is 16.5. The number of aromatic amines is 2. The molecule has 2 aromatic carbocycles. The lowest BCUT2D eigenvalue weighted by molar-refractivity contribution is -0.136. The van der Waals surface area contributed by atoms with Crippen molar-refractivity contribution in [2.45, 2.75) is 77.5 Å². The first kappa shape index (κ1) is 40.8. The smallest absolute Gasteiger partial charge is 0.407 e. The number of methoxy groups -OCH3 is 2. The van der Waals surface area contributed by atoms with Crippen LogP contribution in [0.5, 0.6) is 0 Å². The van der Waals surface area contributed by atoms with Crippen molar-refractivity contribution in [3.8, 4) is 34.4 Å². The van der Waals surface area contributed by atoms with Crippen LogP contribution < -0.4 is 10.6 Å². The van der Waals surface area contributed by atoms with Crippen molar-refractivity contribution in [1.29, 1.82) is 0 Å². The van der Waals surface area contributed by atoms with E-state index in [-0.39, 0.29) is 35.7 Å². The third kappa shape index (κ3) is 9.19. The van der Waals surface area contributed by atoms with Gasteiger partial charge in [0.15, 0.2) is 0 Å². The summed E-state index contributed by atoms with van der Waals surface area (Å²) in [6, 6.07) is 13.9. The molecule has 1 saturated carbocycles. The molecule has 2 aromatic heterocycles. The van der Waals surface area contributed by atoms with Gasteiger partial charge < -0.3 is 39.9 Å². The van der Waals surface area contributed by atoms with Crippen molar-refractivity contribution in [2.75, 3.05) is 27.3 Å². The van der Waals surface area contributed by atoms with Gasteiger partial charge in [-0.2, -0.15) is 0 Å². The molecule has 4 atom stereocenters. The second-order valence-corrected chi connectivity index (χ2v) is 16.1. The zero-order valence-corrected chi connectivity index (χ0v) is 34.4. The zero-order chi connectivity index (χ0) is 41.8. The van der Waals surface area contributed by atoms with Crippen LogP contribution in [-0.2, 0) is 19.1 Å². The summed E-state index contributed by atoms with van der Waals surface area (Å²) in [5.74, 6) is 7.83. The highest BCUT2D eigenvalue weighted by Gasteiger charge is 2.41. The maximum absolute atomic E-state index is 13.8. The minimum absolute atomic E-state index is 0.108. The summed E-state index contributed by atoms with van der Waals surface area (Å²) in [4.78, 5) is 71.2. The molecule has 2 fully saturated rings. The van der Waals surface area contributed by atoms with Crippen LogP contribution in [0.4, 0.5) is 9.59 Å². The van der Waals surface area contributed by atoms with Crippen LogP contribution in [-0.4, -0.2) is 93.1 Å². The van der Waals surface area contributed by atoms with Gasteiger partial charge >= 0.3 is 12.2 Å². The molecule has 14 heteroatoms. The number of benzene rings is 2. The molecule has 0 bridgehead atoms. The molecule has 308 valence electrons. The van der Waals surface area contributed by atoms with Crippen LogP contribution in [0.15, 0.2) is 72.6 Å². The number of hydrogen-bond donors (Lipinski definition) is 4. The van der Waals surface area contributed by atoms with Gasteiger partial charge in [0, 0.05) is 24.2 Å². The molecular weight excluding hydrogens is 749 g/mol. The number of H-pyrrole nitrogens is 2. The van der Waals surface area contributed by atoms with E-state index < -0.39 is 24.3 Å². The Morgan fingerprint density at radius 3 is 1.69 bits per heavy atom. The van der Waals surface area contributed by atoms with Gasteiger partial charge in [0.1, 0.15) is 29.8 Å². The van der Waals surface area contributed by atoms with E-state index in [0.717, 1.165) is 59.3 Å². The van der Waals surface area contributed by atoms with E-state index in [0.29, 0.717) is 30.7 Å². The number of imidazole rings is 2. The number of carbonyl (C=O) groups is 4. The fourth-order valence-electron chi connectivity index (χ4n) is 7.77. The summed E-state index contributed by atoms with van der Waals surface area (Å²) < 4.78 is 9.55. The van der Waals surface area contributed by atoms with Gasteiger partial charge in [-0.25, -0.2) is 19.6 Å². The average Bonchev–Trinajstić information content (AvgIpc) is 3.67. The highest BCUT2D eigenvalue weighted by molar-refractivity contribution is 5.87. The first-order valence-electron chi connectivity index (χ1n) is 20.3. The first-order chi connectivity index (χ1) is 28.4. The molecule has 7 rings (SSSR count). The fraction of sp³-hybridized carbons (Fsp3) is 0.422. The van der Waals surface area contributed by atoms with Crippen molar-refractivity contribution >= 4 is 24.0 Å². The number of hydrogen-bond acceptors (Lipinski definition) is 8. The van der Waals surface area contributed by atoms with E-state index >= 15 is 0 Å². The van der Waals surface area contributed by atoms with Gasteiger partial charge in [-0.15, -0.1) is 0 Å². The largest absolute Gasteiger partial charge is 0.453 e. The third-order valence-electron chi connectivity index (χ3n) is 11.3. The minimum Gasteiger partial charge on any atom is -0.453 e. The van der Waals surface area contributed by atoms with Gasteiger partial charge in [-0.3, -0.25) is 9.59 Å². The predicted octanol–water partition coefficient (Wildman–Crippen LogP) is 6.51. The molecule has 0 spiro atoms. The summed E-state index contributed by atoms with van der Waals surface area (Å²) in [7, 11) is 2.58. The normalized spacial score (nSPS) is 18.5. The fourth-order valence-corrected chi connectivity index (χ4v) is 7.77. The van der Waals surface area contributed by atoms with Crippen LogP contribution in [0.1, 0.15) is 88.2 Å². The Morgan fingerprint density at radius 2 is 1.20 bits per heavy atom. The maximum atomic E-state index is 13.8. The van der Waals surface area contributed by atoms with Crippen molar-refractivity contribution < 1.29 is 28.7 Å². The molecule has 2 aliphatic heterocycles. The maximum Gasteiger partial charge on any atom is 0.407 e. The molecule has 4 amide bonds. The number of nitrogens with one attached hydrogen (secondary N) is 4. The van der Waals surface area contributed by atoms with Gasteiger partial charge in [0.05, 0.1) is 44.0 Å². The monoisotopic (exact) mass is 800 g/mol. The summed E-state index contributed by atoms with van der Waals surface area (Å²) >= 11 is 0. The summed E-state index contributed by atoms with van der Waals surface area (Å²) in [5, 5.41) is 5.41. The number of amides is 4. The lowest BCUT2D eigenvalue weighted by Crippen LogP contribution is -2.51. The molecule has 0 radical (unpaired) electrons. The Balaban J connectivity index is 0.995. The van der Waals surface area contributed by atoms with Crippen molar-refractivity contribution in [3.63, 3.8) is 0 Å². The topological polar surface area (TPSA) is 175 Å². The molecule has 1 saturated heterocycles. The second kappa shape index (κ2) is 17.6. The average molecular weight is 801 g/mol. The lowest BCUT2D eigenvalue weighted by atomic mass is 10.0. The van der Waals surface area contributed by atoms with E-state index in [2.05, 4.69) is 43.5 Å². The molecule has 0 unspecified atom stereocenters. The van der Waals surface area contributed by atoms with Crippen molar-refractivity contribution in [3.05, 3.63) is 95.3 Å². The molecule has 4 heterocycles. The Kier molecular flexibility index (Phi) is 12.2. The van der Waals surface area contributed by atoms with E-state index in [1.807, 2.05) is 76.2 Å². The van der Waals surface area contributed by atoms with Crippen LogP contribution in [0.25, 0.3) is 22.5 Å². The number of ether oxygens (including phenoxy) is 2. The van der Waals surface area contributed by atoms with Gasteiger partial charge in [-0.1, -0.05) is 69.9 Å². The molecule has 3 aliphatic rings. The van der Waals surface area contributed by atoms with Crippen LogP contribution in [0.3, 0.4) is 0 Å². The Bertz CT molecular complexity index is 2260. The molecule has 4 aromatic rings. The number of rotatable bonds is 11. The van der Waals surface area contributed by atoms with E-state index in [9.17, 15) is 19.2 Å². The van der Waals surface area contributed by atoms with Gasteiger partial charge in [0.2, 0.25) is 11.8 Å². The number of aromatic nitrogens is 4. The quantitative estimate of drug-likeness (QED) is 0.0981. The summed E-state index contributed by atoms with van der Waals surface area (Å²) in [6.07, 6.45) is 8.32. The Morgan fingerprint density at radius 1 is 0.712 bits per heavy atom. The van der Waals surface area contributed by atoms with E-state index in [4.69, 9.17) is 14.5 Å². The summed E-state index contributed by atoms with van der Waals surface area (Å²) in [5.41, 5.74) is 6.51. The van der Waals surface area contributed by atoms with Gasteiger partial charge in [0.25, 0.3) is 0 Å². The summed E-state index contributed by atoms with van der Waals surface area (Å²) in [6.45, 7) is 8.70. The molecule has 59 heavy (non-hydrogen) atoms. The zero-order valence-electron chi connectivity index (χ0n) is 34.4.